The van der Waals surface area contributed by atoms with Gasteiger partial charge in [0.15, 0.2) is 0 Å². The lowest BCUT2D eigenvalue weighted by Gasteiger charge is -2.18. The lowest BCUT2D eigenvalue weighted by molar-refractivity contribution is -0.136. The van der Waals surface area contributed by atoms with Crippen LogP contribution in [0, 0.1) is 5.92 Å². The highest BCUT2D eigenvalue weighted by atomic mass is 19.4. The molecular formula is C14H21F3N2. The van der Waals surface area contributed by atoms with E-state index in [1.165, 1.54) is 0 Å². The Hall–Kier alpha value is -1.07. The fourth-order valence-electron chi connectivity index (χ4n) is 2.06. The highest BCUT2D eigenvalue weighted by Crippen LogP contribution is 2.27. The average Bonchev–Trinajstić information content (AvgIpc) is 2.28. The van der Waals surface area contributed by atoms with E-state index in [4.69, 9.17) is 5.84 Å². The minimum Gasteiger partial charge on any atom is -0.271 e. The molecule has 0 aromatic heterocycles. The van der Waals surface area contributed by atoms with Gasteiger partial charge in [0.1, 0.15) is 0 Å². The summed E-state index contributed by atoms with van der Waals surface area (Å²) in [5.41, 5.74) is 4.41. The average molecular weight is 274 g/mol. The molecule has 0 aliphatic heterocycles. The van der Waals surface area contributed by atoms with Gasteiger partial charge < -0.3 is 0 Å². The van der Waals surface area contributed by atoms with Crippen LogP contribution in [0.15, 0.2) is 24.3 Å². The van der Waals surface area contributed by atoms with Crippen LogP contribution in [-0.4, -0.2) is 6.18 Å². The SMILES string of the molecule is CC(C)Cc1cccc(C(CCC(F)(F)F)NN)c1. The molecule has 1 rings (SSSR count). The van der Waals surface area contributed by atoms with E-state index in [1.54, 1.807) is 0 Å². The van der Waals surface area contributed by atoms with Gasteiger partial charge in [-0.3, -0.25) is 11.3 Å². The van der Waals surface area contributed by atoms with E-state index in [-0.39, 0.29) is 6.42 Å². The fraction of sp³-hybridized carbons (Fsp3) is 0.571. The van der Waals surface area contributed by atoms with E-state index in [2.05, 4.69) is 19.3 Å². The first-order valence-electron chi connectivity index (χ1n) is 6.43. The maximum atomic E-state index is 12.3. The van der Waals surface area contributed by atoms with Gasteiger partial charge in [0, 0.05) is 12.5 Å². The number of alkyl halides is 3. The Bertz CT molecular complexity index is 389. The fourth-order valence-corrected chi connectivity index (χ4v) is 2.06. The van der Waals surface area contributed by atoms with Crippen LogP contribution in [0.3, 0.4) is 0 Å². The summed E-state index contributed by atoms with van der Waals surface area (Å²) < 4.78 is 36.8. The first-order valence-corrected chi connectivity index (χ1v) is 6.43. The molecule has 1 aromatic rings. The second kappa shape index (κ2) is 6.91. The molecule has 0 saturated heterocycles. The van der Waals surface area contributed by atoms with Crippen molar-refractivity contribution in [2.75, 3.05) is 0 Å². The summed E-state index contributed by atoms with van der Waals surface area (Å²) in [6.45, 7) is 4.21. The molecular weight excluding hydrogens is 253 g/mol. The van der Waals surface area contributed by atoms with Gasteiger partial charge in [-0.05, 0) is 29.9 Å². The summed E-state index contributed by atoms with van der Waals surface area (Å²) >= 11 is 0. The first kappa shape index (κ1) is 16.0. The van der Waals surface area contributed by atoms with Gasteiger partial charge in [0.05, 0.1) is 0 Å². The number of rotatable bonds is 6. The molecule has 5 heteroatoms. The van der Waals surface area contributed by atoms with Crippen molar-refractivity contribution in [3.8, 4) is 0 Å². The summed E-state index contributed by atoms with van der Waals surface area (Å²) in [6.07, 6.45) is -4.13. The van der Waals surface area contributed by atoms with Crippen molar-refractivity contribution in [1.82, 2.24) is 5.43 Å². The van der Waals surface area contributed by atoms with E-state index in [0.29, 0.717) is 5.92 Å². The Morgan fingerprint density at radius 3 is 2.47 bits per heavy atom. The molecule has 0 heterocycles. The third-order valence-electron chi connectivity index (χ3n) is 2.92. The van der Waals surface area contributed by atoms with Gasteiger partial charge in [0.2, 0.25) is 0 Å². The third kappa shape index (κ3) is 6.07. The number of hydrogen-bond acceptors (Lipinski definition) is 2. The Labute approximate surface area is 112 Å². The smallest absolute Gasteiger partial charge is 0.271 e. The highest BCUT2D eigenvalue weighted by molar-refractivity contribution is 5.26. The maximum Gasteiger partial charge on any atom is 0.389 e. The van der Waals surface area contributed by atoms with Crippen LogP contribution >= 0.6 is 0 Å². The van der Waals surface area contributed by atoms with Gasteiger partial charge in [-0.15, -0.1) is 0 Å². The third-order valence-corrected chi connectivity index (χ3v) is 2.92. The van der Waals surface area contributed by atoms with Gasteiger partial charge >= 0.3 is 6.18 Å². The molecule has 0 bridgehead atoms. The number of halogens is 3. The summed E-state index contributed by atoms with van der Waals surface area (Å²) in [5, 5.41) is 0. The van der Waals surface area contributed by atoms with E-state index in [1.807, 2.05) is 24.3 Å². The van der Waals surface area contributed by atoms with Crippen LogP contribution in [-0.2, 0) is 6.42 Å². The topological polar surface area (TPSA) is 38.0 Å². The van der Waals surface area contributed by atoms with Crippen molar-refractivity contribution in [2.45, 2.75) is 45.3 Å². The summed E-state index contributed by atoms with van der Waals surface area (Å²) in [5.74, 6) is 5.88. The lowest BCUT2D eigenvalue weighted by atomic mass is 9.96. The zero-order chi connectivity index (χ0) is 14.5. The molecule has 1 atom stereocenters. The zero-order valence-electron chi connectivity index (χ0n) is 11.3. The molecule has 3 N–H and O–H groups in total. The monoisotopic (exact) mass is 274 g/mol. The summed E-state index contributed by atoms with van der Waals surface area (Å²) in [6, 6.07) is 7.13. The van der Waals surface area contributed by atoms with Crippen molar-refractivity contribution in [1.29, 1.82) is 0 Å². The van der Waals surface area contributed by atoms with Crippen LogP contribution in [0.5, 0.6) is 0 Å². The largest absolute Gasteiger partial charge is 0.389 e. The molecule has 1 unspecified atom stereocenters. The maximum absolute atomic E-state index is 12.3. The van der Waals surface area contributed by atoms with Crippen LogP contribution in [0.4, 0.5) is 13.2 Å². The van der Waals surface area contributed by atoms with Gasteiger partial charge in [-0.25, -0.2) is 0 Å². The van der Waals surface area contributed by atoms with Crippen molar-refractivity contribution in [3.63, 3.8) is 0 Å². The Morgan fingerprint density at radius 1 is 1.26 bits per heavy atom. The standard InChI is InChI=1S/C14H21F3N2/c1-10(2)8-11-4-3-5-12(9-11)13(19-18)6-7-14(15,16)17/h3-5,9-10,13,19H,6-8,18H2,1-2H3. The number of hydrazine groups is 1. The van der Waals surface area contributed by atoms with Crippen LogP contribution in [0.1, 0.15) is 43.9 Å². The number of nitrogens with one attached hydrogen (secondary N) is 1. The van der Waals surface area contributed by atoms with Crippen molar-refractivity contribution in [3.05, 3.63) is 35.4 Å². The molecule has 0 aliphatic carbocycles. The summed E-state index contributed by atoms with van der Waals surface area (Å²) in [7, 11) is 0. The molecule has 0 spiro atoms. The van der Waals surface area contributed by atoms with Gasteiger partial charge in [-0.2, -0.15) is 13.2 Å². The van der Waals surface area contributed by atoms with E-state index in [0.717, 1.165) is 17.5 Å². The highest BCUT2D eigenvalue weighted by Gasteiger charge is 2.28. The Kier molecular flexibility index (Phi) is 5.82. The van der Waals surface area contributed by atoms with Crippen LogP contribution in [0.2, 0.25) is 0 Å². The van der Waals surface area contributed by atoms with Crippen molar-refractivity contribution < 1.29 is 13.2 Å². The summed E-state index contributed by atoms with van der Waals surface area (Å²) in [4.78, 5) is 0. The van der Waals surface area contributed by atoms with Crippen LogP contribution < -0.4 is 11.3 Å². The predicted octanol–water partition coefficient (Wildman–Crippen LogP) is 3.73. The molecule has 0 aliphatic rings. The van der Waals surface area contributed by atoms with E-state index in [9.17, 15) is 13.2 Å². The predicted molar refractivity (Wildman–Crippen MR) is 70.3 cm³/mol. The second-order valence-electron chi connectivity index (χ2n) is 5.22. The normalized spacial score (nSPS) is 13.8. The molecule has 0 saturated carbocycles. The van der Waals surface area contributed by atoms with Gasteiger partial charge in [-0.1, -0.05) is 38.1 Å². The molecule has 19 heavy (non-hydrogen) atoms. The number of hydrogen-bond donors (Lipinski definition) is 2. The Morgan fingerprint density at radius 2 is 1.95 bits per heavy atom. The second-order valence-corrected chi connectivity index (χ2v) is 5.22. The van der Waals surface area contributed by atoms with Crippen molar-refractivity contribution >= 4 is 0 Å². The minimum absolute atomic E-state index is 0.0505. The molecule has 0 amide bonds. The molecule has 2 nitrogen and oxygen atoms in total. The molecule has 0 fully saturated rings. The van der Waals surface area contributed by atoms with E-state index < -0.39 is 18.6 Å². The quantitative estimate of drug-likeness (QED) is 0.612. The zero-order valence-corrected chi connectivity index (χ0v) is 11.3. The number of benzene rings is 1. The van der Waals surface area contributed by atoms with Gasteiger partial charge in [0.25, 0.3) is 0 Å². The lowest BCUT2D eigenvalue weighted by Crippen LogP contribution is -2.29. The van der Waals surface area contributed by atoms with Crippen molar-refractivity contribution in [2.24, 2.45) is 11.8 Å². The molecule has 1 aromatic carbocycles. The number of nitrogens with two attached hydrogens (primary N) is 1. The van der Waals surface area contributed by atoms with Crippen LogP contribution in [0.25, 0.3) is 0 Å². The molecule has 0 radical (unpaired) electrons. The molecule has 108 valence electrons. The first-order chi connectivity index (χ1) is 8.81. The van der Waals surface area contributed by atoms with E-state index >= 15 is 0 Å². The minimum atomic E-state index is -4.15. The Balaban J connectivity index is 2.75.